The number of ether oxygens (including phenoxy) is 1. The SMILES string of the molecule is Cc1ccccc1NC(=O)[C@H]1[C@H]2C(=O)N(C3CC3)[C@@H](C(=O)NC(C)(C)C)[C@@]23C=C[C@H]1O3. The minimum atomic E-state index is -1.09. The second kappa shape index (κ2) is 6.66. The molecule has 3 amide bonds. The van der Waals surface area contributed by atoms with Gasteiger partial charge in [-0.3, -0.25) is 14.4 Å². The molecule has 3 fully saturated rings. The van der Waals surface area contributed by atoms with Crippen LogP contribution in [0.3, 0.4) is 0 Å². The number of amides is 3. The number of nitrogens with zero attached hydrogens (tertiary/aromatic N) is 1. The van der Waals surface area contributed by atoms with Crippen molar-refractivity contribution < 1.29 is 19.1 Å². The highest BCUT2D eigenvalue weighted by atomic mass is 16.5. The fourth-order valence-corrected chi connectivity index (χ4v) is 5.32. The minimum Gasteiger partial charge on any atom is -0.359 e. The molecule has 0 radical (unpaired) electrons. The Hall–Kier alpha value is -2.67. The number of carbonyl (C=O) groups excluding carboxylic acids is 3. The first kappa shape index (κ1) is 20.2. The van der Waals surface area contributed by atoms with Gasteiger partial charge in [-0.1, -0.05) is 30.4 Å². The van der Waals surface area contributed by atoms with Gasteiger partial charge in [0.2, 0.25) is 17.7 Å². The third kappa shape index (κ3) is 3.09. The van der Waals surface area contributed by atoms with Crippen molar-refractivity contribution in [3.63, 3.8) is 0 Å². The lowest BCUT2D eigenvalue weighted by molar-refractivity contribution is -0.142. The van der Waals surface area contributed by atoms with E-state index in [2.05, 4.69) is 10.6 Å². The second-order valence-corrected chi connectivity index (χ2v) is 10.2. The number of nitrogens with one attached hydrogen (secondary N) is 2. The number of fused-ring (bicyclic) bond motifs is 1. The van der Waals surface area contributed by atoms with Gasteiger partial charge < -0.3 is 20.3 Å². The number of aryl methyl sites for hydroxylation is 1. The first-order valence-electron chi connectivity index (χ1n) is 11.0. The predicted molar refractivity (Wildman–Crippen MR) is 115 cm³/mol. The fraction of sp³-hybridized carbons (Fsp3) is 0.542. The van der Waals surface area contributed by atoms with Crippen LogP contribution in [0.4, 0.5) is 5.69 Å². The van der Waals surface area contributed by atoms with Gasteiger partial charge in [0.15, 0.2) is 0 Å². The van der Waals surface area contributed by atoms with Crippen molar-refractivity contribution in [2.75, 3.05) is 5.32 Å². The van der Waals surface area contributed by atoms with Crippen LogP contribution in [-0.4, -0.2) is 51.9 Å². The summed E-state index contributed by atoms with van der Waals surface area (Å²) in [5.74, 6) is -1.96. The maximum Gasteiger partial charge on any atom is 0.246 e. The average Bonchev–Trinajstić information content (AvgIpc) is 3.27. The lowest BCUT2D eigenvalue weighted by atomic mass is 9.74. The van der Waals surface area contributed by atoms with Crippen molar-refractivity contribution in [3.05, 3.63) is 42.0 Å². The van der Waals surface area contributed by atoms with Crippen molar-refractivity contribution in [1.29, 1.82) is 0 Å². The van der Waals surface area contributed by atoms with E-state index in [0.717, 1.165) is 24.1 Å². The number of para-hydroxylation sites is 1. The summed E-state index contributed by atoms with van der Waals surface area (Å²) >= 11 is 0. The molecule has 1 aromatic carbocycles. The van der Waals surface area contributed by atoms with Crippen LogP contribution in [0.5, 0.6) is 0 Å². The zero-order valence-electron chi connectivity index (χ0n) is 18.3. The first-order chi connectivity index (χ1) is 14.6. The Balaban J connectivity index is 1.49. The highest BCUT2D eigenvalue weighted by Gasteiger charge is 2.74. The first-order valence-corrected chi connectivity index (χ1v) is 11.0. The Morgan fingerprint density at radius 1 is 1.16 bits per heavy atom. The number of carbonyl (C=O) groups is 3. The summed E-state index contributed by atoms with van der Waals surface area (Å²) in [5, 5.41) is 6.01. The van der Waals surface area contributed by atoms with E-state index >= 15 is 0 Å². The Morgan fingerprint density at radius 2 is 1.87 bits per heavy atom. The largest absolute Gasteiger partial charge is 0.359 e. The lowest BCUT2D eigenvalue weighted by Gasteiger charge is -2.34. The van der Waals surface area contributed by atoms with Crippen molar-refractivity contribution in [2.24, 2.45) is 11.8 Å². The predicted octanol–water partition coefficient (Wildman–Crippen LogP) is 2.16. The van der Waals surface area contributed by atoms with Gasteiger partial charge in [0, 0.05) is 17.3 Å². The molecule has 2 N–H and O–H groups in total. The van der Waals surface area contributed by atoms with Gasteiger partial charge in [-0.2, -0.15) is 0 Å². The molecule has 4 aliphatic rings. The molecule has 1 aromatic rings. The lowest BCUT2D eigenvalue weighted by Crippen LogP contribution is -2.58. The van der Waals surface area contributed by atoms with Gasteiger partial charge in [0.1, 0.15) is 11.6 Å². The average molecular weight is 424 g/mol. The number of hydrogen-bond donors (Lipinski definition) is 2. The fourth-order valence-electron chi connectivity index (χ4n) is 5.32. The molecule has 1 aliphatic carbocycles. The summed E-state index contributed by atoms with van der Waals surface area (Å²) in [6.07, 6.45) is 4.94. The standard InChI is InChI=1S/C24H29N3O4/c1-13-7-5-6-8-15(13)25-20(28)17-16-11-12-24(31-16)18(17)22(30)27(14-9-10-14)19(24)21(29)26-23(2,3)4/h5-8,11-12,14,16-19H,9-10H2,1-4H3,(H,25,28)(H,26,29)/t16-,17-,18+,19+,24-/m1/s1. The maximum atomic E-state index is 13.6. The normalized spacial score (nSPS) is 33.5. The highest BCUT2D eigenvalue weighted by Crippen LogP contribution is 2.57. The third-order valence-electron chi connectivity index (χ3n) is 6.70. The van der Waals surface area contributed by atoms with Gasteiger partial charge in [-0.05, 0) is 52.2 Å². The molecular formula is C24H29N3O4. The van der Waals surface area contributed by atoms with Crippen LogP contribution in [0, 0.1) is 18.8 Å². The molecule has 1 saturated carbocycles. The molecule has 5 rings (SSSR count). The summed E-state index contributed by atoms with van der Waals surface area (Å²) in [6, 6.07) is 6.84. The summed E-state index contributed by atoms with van der Waals surface area (Å²) in [5.41, 5.74) is 0.143. The zero-order valence-corrected chi connectivity index (χ0v) is 18.3. The van der Waals surface area contributed by atoms with Crippen molar-refractivity contribution >= 4 is 23.4 Å². The Bertz CT molecular complexity index is 993. The molecule has 2 bridgehead atoms. The molecule has 3 heterocycles. The van der Waals surface area contributed by atoms with E-state index in [-0.39, 0.29) is 23.8 Å². The monoisotopic (exact) mass is 423 g/mol. The van der Waals surface area contributed by atoms with E-state index in [9.17, 15) is 14.4 Å². The smallest absolute Gasteiger partial charge is 0.246 e. The number of rotatable bonds is 4. The van der Waals surface area contributed by atoms with Crippen LogP contribution >= 0.6 is 0 Å². The summed E-state index contributed by atoms with van der Waals surface area (Å²) < 4.78 is 6.32. The van der Waals surface area contributed by atoms with Crippen LogP contribution in [-0.2, 0) is 19.1 Å². The van der Waals surface area contributed by atoms with Gasteiger partial charge in [0.25, 0.3) is 0 Å². The molecule has 31 heavy (non-hydrogen) atoms. The minimum absolute atomic E-state index is 0.0410. The van der Waals surface area contributed by atoms with Crippen LogP contribution in [0.2, 0.25) is 0 Å². The molecule has 2 saturated heterocycles. The second-order valence-electron chi connectivity index (χ2n) is 10.2. The Labute approximate surface area is 182 Å². The summed E-state index contributed by atoms with van der Waals surface area (Å²) in [6.45, 7) is 7.68. The van der Waals surface area contributed by atoms with Crippen LogP contribution in [0.1, 0.15) is 39.2 Å². The zero-order chi connectivity index (χ0) is 22.1. The molecule has 5 atom stereocenters. The van der Waals surface area contributed by atoms with E-state index in [0.29, 0.717) is 0 Å². The van der Waals surface area contributed by atoms with Crippen molar-refractivity contribution in [1.82, 2.24) is 10.2 Å². The number of benzene rings is 1. The third-order valence-corrected chi connectivity index (χ3v) is 6.70. The van der Waals surface area contributed by atoms with Crippen molar-refractivity contribution in [3.8, 4) is 0 Å². The number of anilines is 1. The molecule has 7 nitrogen and oxygen atoms in total. The van der Waals surface area contributed by atoms with E-state index in [1.807, 2.05) is 64.1 Å². The van der Waals surface area contributed by atoms with Crippen LogP contribution < -0.4 is 10.6 Å². The molecule has 3 aliphatic heterocycles. The highest BCUT2D eigenvalue weighted by molar-refractivity contribution is 6.03. The molecule has 164 valence electrons. The van der Waals surface area contributed by atoms with Crippen LogP contribution in [0.15, 0.2) is 36.4 Å². The van der Waals surface area contributed by atoms with Crippen molar-refractivity contribution in [2.45, 2.75) is 69.9 Å². The summed E-state index contributed by atoms with van der Waals surface area (Å²) in [7, 11) is 0. The van der Waals surface area contributed by atoms with Gasteiger partial charge >= 0.3 is 0 Å². The summed E-state index contributed by atoms with van der Waals surface area (Å²) in [4.78, 5) is 42.0. The van der Waals surface area contributed by atoms with Crippen LogP contribution in [0.25, 0.3) is 0 Å². The Kier molecular flexibility index (Phi) is 4.35. The van der Waals surface area contributed by atoms with Gasteiger partial charge in [-0.25, -0.2) is 0 Å². The van der Waals surface area contributed by atoms with Gasteiger partial charge in [-0.15, -0.1) is 0 Å². The number of hydrogen-bond acceptors (Lipinski definition) is 4. The molecule has 0 unspecified atom stereocenters. The quantitative estimate of drug-likeness (QED) is 0.727. The van der Waals surface area contributed by atoms with Gasteiger partial charge in [0.05, 0.1) is 17.9 Å². The number of likely N-dealkylation sites (tertiary alicyclic amines) is 1. The topological polar surface area (TPSA) is 87.7 Å². The van der Waals surface area contributed by atoms with E-state index in [1.165, 1.54) is 0 Å². The molecule has 1 spiro atoms. The maximum absolute atomic E-state index is 13.6. The Morgan fingerprint density at radius 3 is 2.52 bits per heavy atom. The molecule has 0 aromatic heterocycles. The molecule has 7 heteroatoms. The van der Waals surface area contributed by atoms with E-state index < -0.39 is 35.1 Å². The molecular weight excluding hydrogens is 394 g/mol. The van der Waals surface area contributed by atoms with E-state index in [1.54, 1.807) is 4.90 Å². The van der Waals surface area contributed by atoms with E-state index in [4.69, 9.17) is 4.74 Å².